The van der Waals surface area contributed by atoms with E-state index in [1.165, 1.54) is 36.2 Å². The molecule has 1 saturated heterocycles. The van der Waals surface area contributed by atoms with Crippen LogP contribution in [-0.4, -0.2) is 48.3 Å². The molecular formula is C16H23N5O3S. The zero-order chi connectivity index (χ0) is 18.1. The van der Waals surface area contributed by atoms with Gasteiger partial charge in [-0.15, -0.1) is 0 Å². The molecule has 3 rings (SSSR count). The molecule has 0 bridgehead atoms. The molecule has 0 atom stereocenters. The zero-order valence-corrected chi connectivity index (χ0v) is 15.6. The van der Waals surface area contributed by atoms with Gasteiger partial charge in [-0.05, 0) is 12.8 Å². The van der Waals surface area contributed by atoms with E-state index in [-0.39, 0.29) is 17.2 Å². The van der Waals surface area contributed by atoms with Gasteiger partial charge in [-0.2, -0.15) is 0 Å². The smallest absolute Gasteiger partial charge is 0.332 e. The topological polar surface area (TPSA) is 82.1 Å². The summed E-state index contributed by atoms with van der Waals surface area (Å²) in [5, 5.41) is 0.566. The largest absolute Gasteiger partial charge is 0.342 e. The van der Waals surface area contributed by atoms with Crippen molar-refractivity contribution in [3.05, 3.63) is 20.8 Å². The van der Waals surface area contributed by atoms with Crippen LogP contribution in [-0.2, 0) is 25.9 Å². The van der Waals surface area contributed by atoms with Crippen molar-refractivity contribution in [2.75, 3.05) is 18.8 Å². The second kappa shape index (κ2) is 7.07. The van der Waals surface area contributed by atoms with Gasteiger partial charge in [0.1, 0.15) is 0 Å². The molecule has 0 unspecified atom stereocenters. The summed E-state index contributed by atoms with van der Waals surface area (Å²) in [4.78, 5) is 43.1. The second-order valence-corrected chi connectivity index (χ2v) is 7.36. The average molecular weight is 365 g/mol. The van der Waals surface area contributed by atoms with Crippen LogP contribution in [0.5, 0.6) is 0 Å². The normalized spacial score (nSPS) is 15.6. The number of fused-ring (bicyclic) bond motifs is 1. The van der Waals surface area contributed by atoms with Gasteiger partial charge in [0.05, 0.1) is 5.75 Å². The number of carbonyl (C=O) groups is 1. The van der Waals surface area contributed by atoms with Crippen LogP contribution in [0.1, 0.15) is 25.7 Å². The molecule has 0 spiro atoms. The quantitative estimate of drug-likeness (QED) is 0.739. The predicted molar refractivity (Wildman–Crippen MR) is 97.0 cm³/mol. The first-order chi connectivity index (χ1) is 11.9. The van der Waals surface area contributed by atoms with Crippen LogP contribution >= 0.6 is 11.8 Å². The maximum atomic E-state index is 12.4. The van der Waals surface area contributed by atoms with Crippen LogP contribution in [0.4, 0.5) is 0 Å². The van der Waals surface area contributed by atoms with Crippen LogP contribution in [0.2, 0.25) is 0 Å². The highest BCUT2D eigenvalue weighted by atomic mass is 32.2. The fraction of sp³-hybridized carbons (Fsp3) is 0.625. The molecule has 2 aromatic heterocycles. The average Bonchev–Trinajstić information content (AvgIpc) is 2.79. The molecule has 1 amide bonds. The van der Waals surface area contributed by atoms with E-state index >= 15 is 0 Å². The number of aryl methyl sites for hydroxylation is 2. The SMILES string of the molecule is Cn1c(=O)c2nc(SCC(=O)N3CCCCCC3)n(C)c2n(C)c1=O. The predicted octanol–water partition coefficient (Wildman–Crippen LogP) is 0.465. The summed E-state index contributed by atoms with van der Waals surface area (Å²) in [5.74, 6) is 0.381. The molecule has 25 heavy (non-hydrogen) atoms. The van der Waals surface area contributed by atoms with E-state index < -0.39 is 11.2 Å². The Morgan fingerprint density at radius 2 is 1.64 bits per heavy atom. The van der Waals surface area contributed by atoms with Crippen molar-refractivity contribution in [2.45, 2.75) is 30.8 Å². The third-order valence-electron chi connectivity index (χ3n) is 4.71. The Morgan fingerprint density at radius 1 is 1.00 bits per heavy atom. The highest BCUT2D eigenvalue weighted by Crippen LogP contribution is 2.21. The number of hydrogen-bond donors (Lipinski definition) is 0. The Bertz CT molecular complexity index is 918. The first-order valence-corrected chi connectivity index (χ1v) is 9.43. The van der Waals surface area contributed by atoms with Gasteiger partial charge in [-0.1, -0.05) is 24.6 Å². The molecule has 8 nitrogen and oxygen atoms in total. The molecule has 3 heterocycles. The standard InChI is InChI=1S/C16H23N5O3S/c1-18-13-12(14(23)20(3)16(24)19(13)2)17-15(18)25-10-11(22)21-8-6-4-5-7-9-21/h4-10H2,1-3H3. The van der Waals surface area contributed by atoms with Gasteiger partial charge in [-0.3, -0.25) is 18.7 Å². The van der Waals surface area contributed by atoms with Gasteiger partial charge < -0.3 is 9.47 Å². The highest BCUT2D eigenvalue weighted by Gasteiger charge is 2.20. The minimum atomic E-state index is -0.417. The summed E-state index contributed by atoms with van der Waals surface area (Å²) in [6, 6.07) is 0. The Hall–Kier alpha value is -2.03. The number of hydrogen-bond acceptors (Lipinski definition) is 5. The third kappa shape index (κ3) is 3.24. The summed E-state index contributed by atoms with van der Waals surface area (Å²) in [7, 11) is 4.81. The third-order valence-corrected chi connectivity index (χ3v) is 5.72. The summed E-state index contributed by atoms with van der Waals surface area (Å²) in [5.41, 5.74) is -0.0910. The van der Waals surface area contributed by atoms with Crippen molar-refractivity contribution in [1.82, 2.24) is 23.6 Å². The molecule has 0 saturated carbocycles. The molecular weight excluding hydrogens is 342 g/mol. The van der Waals surface area contributed by atoms with Gasteiger partial charge in [0, 0.05) is 34.2 Å². The minimum Gasteiger partial charge on any atom is -0.342 e. The zero-order valence-electron chi connectivity index (χ0n) is 14.8. The summed E-state index contributed by atoms with van der Waals surface area (Å²) >= 11 is 1.31. The lowest BCUT2D eigenvalue weighted by molar-refractivity contribution is -0.128. The van der Waals surface area contributed by atoms with Crippen LogP contribution in [0, 0.1) is 0 Å². The number of likely N-dealkylation sites (tertiary alicyclic amines) is 1. The lowest BCUT2D eigenvalue weighted by Crippen LogP contribution is -2.37. The van der Waals surface area contributed by atoms with Gasteiger partial charge in [0.25, 0.3) is 5.56 Å². The van der Waals surface area contributed by atoms with E-state index in [4.69, 9.17) is 0 Å². The molecule has 0 aliphatic carbocycles. The van der Waals surface area contributed by atoms with E-state index in [0.717, 1.165) is 30.5 Å². The first-order valence-electron chi connectivity index (χ1n) is 8.45. The molecule has 1 aliphatic rings. The number of rotatable bonds is 3. The molecule has 1 aliphatic heterocycles. The maximum absolute atomic E-state index is 12.4. The Balaban J connectivity index is 1.85. The van der Waals surface area contributed by atoms with Crippen molar-refractivity contribution in [2.24, 2.45) is 21.1 Å². The Kier molecular flexibility index (Phi) is 5.03. The summed E-state index contributed by atoms with van der Waals surface area (Å²) in [6.07, 6.45) is 4.47. The second-order valence-electron chi connectivity index (χ2n) is 6.42. The van der Waals surface area contributed by atoms with Gasteiger partial charge in [-0.25, -0.2) is 9.78 Å². The number of amides is 1. The molecule has 0 N–H and O–H groups in total. The van der Waals surface area contributed by atoms with Gasteiger partial charge >= 0.3 is 5.69 Å². The molecule has 136 valence electrons. The van der Waals surface area contributed by atoms with E-state index in [1.807, 2.05) is 4.90 Å². The molecule has 0 aromatic carbocycles. The monoisotopic (exact) mass is 365 g/mol. The number of carbonyl (C=O) groups excluding carboxylic acids is 1. The molecule has 0 radical (unpaired) electrons. The molecule has 1 fully saturated rings. The minimum absolute atomic E-state index is 0.0979. The highest BCUT2D eigenvalue weighted by molar-refractivity contribution is 7.99. The fourth-order valence-corrected chi connectivity index (χ4v) is 4.10. The lowest BCUT2D eigenvalue weighted by Gasteiger charge is -2.19. The van der Waals surface area contributed by atoms with Crippen molar-refractivity contribution in [3.8, 4) is 0 Å². The summed E-state index contributed by atoms with van der Waals surface area (Å²) < 4.78 is 4.16. The van der Waals surface area contributed by atoms with E-state index in [0.29, 0.717) is 10.8 Å². The van der Waals surface area contributed by atoms with Crippen LogP contribution < -0.4 is 11.2 Å². The fourth-order valence-electron chi connectivity index (χ4n) is 3.23. The van der Waals surface area contributed by atoms with Crippen LogP contribution in [0.3, 0.4) is 0 Å². The van der Waals surface area contributed by atoms with E-state index in [2.05, 4.69) is 4.98 Å². The van der Waals surface area contributed by atoms with Gasteiger partial charge in [0.15, 0.2) is 16.3 Å². The lowest BCUT2D eigenvalue weighted by atomic mass is 10.2. The van der Waals surface area contributed by atoms with Crippen molar-refractivity contribution < 1.29 is 4.79 Å². The van der Waals surface area contributed by atoms with Crippen LogP contribution in [0.15, 0.2) is 14.7 Å². The number of imidazole rings is 1. The number of thioether (sulfide) groups is 1. The molecule has 9 heteroatoms. The van der Waals surface area contributed by atoms with Crippen molar-refractivity contribution >= 4 is 28.8 Å². The number of aromatic nitrogens is 4. The van der Waals surface area contributed by atoms with E-state index in [1.54, 1.807) is 18.7 Å². The number of nitrogens with zero attached hydrogens (tertiary/aromatic N) is 5. The van der Waals surface area contributed by atoms with Crippen molar-refractivity contribution in [3.63, 3.8) is 0 Å². The Labute approximate surface area is 149 Å². The van der Waals surface area contributed by atoms with E-state index in [9.17, 15) is 14.4 Å². The van der Waals surface area contributed by atoms with Crippen molar-refractivity contribution in [1.29, 1.82) is 0 Å². The first kappa shape index (κ1) is 17.8. The maximum Gasteiger partial charge on any atom is 0.332 e. The molecule has 2 aromatic rings. The van der Waals surface area contributed by atoms with Crippen LogP contribution in [0.25, 0.3) is 11.2 Å². The Morgan fingerprint density at radius 3 is 2.28 bits per heavy atom. The summed E-state index contributed by atoms with van der Waals surface area (Å²) in [6.45, 7) is 1.63. The van der Waals surface area contributed by atoms with Gasteiger partial charge in [0.2, 0.25) is 5.91 Å².